The van der Waals surface area contributed by atoms with Crippen LogP contribution >= 0.6 is 0 Å². The molecule has 1 saturated heterocycles. The molecule has 1 fully saturated rings. The van der Waals surface area contributed by atoms with Gasteiger partial charge >= 0.3 is 0 Å². The van der Waals surface area contributed by atoms with Crippen molar-refractivity contribution in [3.05, 3.63) is 0 Å². The quantitative estimate of drug-likeness (QED) is 0.559. The van der Waals surface area contributed by atoms with E-state index in [4.69, 9.17) is 9.84 Å². The van der Waals surface area contributed by atoms with Gasteiger partial charge in [0.25, 0.3) is 0 Å². The maximum atomic E-state index is 8.51. The van der Waals surface area contributed by atoms with Crippen LogP contribution in [0.3, 0.4) is 0 Å². The Kier molecular flexibility index (Phi) is 5.31. The average molecular weight is 188 g/mol. The molecule has 0 bridgehead atoms. The second kappa shape index (κ2) is 6.32. The minimum Gasteiger partial charge on any atom is -0.394 e. The summed E-state index contributed by atoms with van der Waals surface area (Å²) in [4.78, 5) is 2.36. The van der Waals surface area contributed by atoms with Crippen molar-refractivity contribution >= 4 is 0 Å². The van der Waals surface area contributed by atoms with Gasteiger partial charge in [-0.25, -0.2) is 0 Å². The molecule has 0 aromatic carbocycles. The maximum absolute atomic E-state index is 8.51. The summed E-state index contributed by atoms with van der Waals surface area (Å²) >= 11 is 0. The van der Waals surface area contributed by atoms with Gasteiger partial charge in [0.15, 0.2) is 0 Å². The first-order valence-corrected chi connectivity index (χ1v) is 4.94. The molecule has 1 rings (SSSR count). The van der Waals surface area contributed by atoms with E-state index < -0.39 is 0 Å². The molecule has 0 aromatic rings. The van der Waals surface area contributed by atoms with Crippen molar-refractivity contribution in [3.8, 4) is 0 Å². The Morgan fingerprint density at radius 1 is 1.54 bits per heavy atom. The highest BCUT2D eigenvalue weighted by molar-refractivity contribution is 4.76. The Balaban J connectivity index is 2.05. The molecule has 1 heterocycles. The summed E-state index contributed by atoms with van der Waals surface area (Å²) in [5.41, 5.74) is 0. The van der Waals surface area contributed by atoms with Gasteiger partial charge < -0.3 is 20.1 Å². The molecule has 4 heteroatoms. The summed E-state index contributed by atoms with van der Waals surface area (Å²) in [6.07, 6.45) is 1.05. The molecular formula is C9H20N2O2. The van der Waals surface area contributed by atoms with Gasteiger partial charge in [0.05, 0.1) is 13.2 Å². The summed E-state index contributed by atoms with van der Waals surface area (Å²) in [6.45, 7) is 4.59. The Labute approximate surface area is 79.9 Å². The Morgan fingerprint density at radius 2 is 2.38 bits per heavy atom. The predicted molar refractivity (Wildman–Crippen MR) is 51.8 cm³/mol. The fraction of sp³-hybridized carbons (Fsp3) is 1.00. The highest BCUT2D eigenvalue weighted by Gasteiger charge is 2.17. The molecule has 1 atom stereocenters. The van der Waals surface area contributed by atoms with E-state index >= 15 is 0 Å². The topological polar surface area (TPSA) is 44.7 Å². The summed E-state index contributed by atoms with van der Waals surface area (Å²) in [5.74, 6) is 0. The van der Waals surface area contributed by atoms with E-state index in [1.54, 1.807) is 0 Å². The third kappa shape index (κ3) is 4.04. The Bertz CT molecular complexity index is 133. The van der Waals surface area contributed by atoms with Crippen LogP contribution in [-0.4, -0.2) is 62.6 Å². The first kappa shape index (κ1) is 10.9. The first-order chi connectivity index (χ1) is 6.34. The van der Waals surface area contributed by atoms with Gasteiger partial charge in [-0.2, -0.15) is 0 Å². The van der Waals surface area contributed by atoms with Crippen LogP contribution in [0.15, 0.2) is 0 Å². The van der Waals surface area contributed by atoms with Crippen molar-refractivity contribution in [2.45, 2.75) is 12.5 Å². The van der Waals surface area contributed by atoms with Crippen LogP contribution in [0, 0.1) is 0 Å². The lowest BCUT2D eigenvalue weighted by molar-refractivity contribution is 0.0706. The molecule has 0 saturated carbocycles. The molecule has 1 aliphatic heterocycles. The average Bonchev–Trinajstić information content (AvgIpc) is 2.15. The molecule has 0 amide bonds. The van der Waals surface area contributed by atoms with Crippen molar-refractivity contribution in [1.82, 2.24) is 10.2 Å². The van der Waals surface area contributed by atoms with Crippen molar-refractivity contribution in [2.24, 2.45) is 0 Å². The van der Waals surface area contributed by atoms with Crippen LogP contribution < -0.4 is 5.32 Å². The van der Waals surface area contributed by atoms with Gasteiger partial charge in [0, 0.05) is 32.3 Å². The van der Waals surface area contributed by atoms with Crippen LogP contribution in [0.5, 0.6) is 0 Å². The lowest BCUT2D eigenvalue weighted by atomic mass is 10.1. The summed E-state index contributed by atoms with van der Waals surface area (Å²) in [7, 11) is 2.15. The lowest BCUT2D eigenvalue weighted by Crippen LogP contribution is -2.49. The summed E-state index contributed by atoms with van der Waals surface area (Å²) in [5, 5.41) is 11.9. The molecule has 1 unspecified atom stereocenters. The fourth-order valence-electron chi connectivity index (χ4n) is 1.57. The van der Waals surface area contributed by atoms with Crippen molar-refractivity contribution in [2.75, 3.05) is 46.5 Å². The van der Waals surface area contributed by atoms with Crippen molar-refractivity contribution in [3.63, 3.8) is 0 Å². The SMILES string of the molecule is CN1CCNCC1CCOCCO. The molecule has 0 aromatic heterocycles. The van der Waals surface area contributed by atoms with E-state index in [9.17, 15) is 0 Å². The van der Waals surface area contributed by atoms with Crippen LogP contribution in [0.4, 0.5) is 0 Å². The number of hydrogen-bond acceptors (Lipinski definition) is 4. The zero-order valence-corrected chi connectivity index (χ0v) is 8.33. The van der Waals surface area contributed by atoms with E-state index in [2.05, 4.69) is 17.3 Å². The van der Waals surface area contributed by atoms with Crippen molar-refractivity contribution < 1.29 is 9.84 Å². The second-order valence-corrected chi connectivity index (χ2v) is 3.46. The molecule has 2 N–H and O–H groups in total. The largest absolute Gasteiger partial charge is 0.394 e. The third-order valence-corrected chi connectivity index (χ3v) is 2.48. The number of rotatable bonds is 5. The van der Waals surface area contributed by atoms with Crippen LogP contribution in [0.1, 0.15) is 6.42 Å². The monoisotopic (exact) mass is 188 g/mol. The number of piperazine rings is 1. The number of nitrogens with one attached hydrogen (secondary N) is 1. The van der Waals surface area contributed by atoms with Crippen molar-refractivity contribution in [1.29, 1.82) is 0 Å². The molecule has 0 aliphatic carbocycles. The standard InChI is InChI=1S/C9H20N2O2/c1-11-4-3-10-8-9(11)2-6-13-7-5-12/h9-10,12H,2-8H2,1H3. The molecule has 13 heavy (non-hydrogen) atoms. The van der Waals surface area contributed by atoms with E-state index in [1.165, 1.54) is 0 Å². The fourth-order valence-corrected chi connectivity index (χ4v) is 1.57. The predicted octanol–water partition coefficient (Wildman–Crippen LogP) is -0.711. The van der Waals surface area contributed by atoms with Gasteiger partial charge in [-0.1, -0.05) is 0 Å². The number of nitrogens with zero attached hydrogens (tertiary/aromatic N) is 1. The summed E-state index contributed by atoms with van der Waals surface area (Å²) < 4.78 is 5.23. The van der Waals surface area contributed by atoms with Crippen LogP contribution in [0.25, 0.3) is 0 Å². The van der Waals surface area contributed by atoms with Crippen LogP contribution in [0.2, 0.25) is 0 Å². The van der Waals surface area contributed by atoms with Gasteiger partial charge in [0.1, 0.15) is 0 Å². The maximum Gasteiger partial charge on any atom is 0.0697 e. The zero-order chi connectivity index (χ0) is 9.52. The second-order valence-electron chi connectivity index (χ2n) is 3.46. The molecular weight excluding hydrogens is 168 g/mol. The lowest BCUT2D eigenvalue weighted by Gasteiger charge is -2.32. The minimum atomic E-state index is 0.124. The first-order valence-electron chi connectivity index (χ1n) is 4.94. The summed E-state index contributed by atoms with van der Waals surface area (Å²) in [6, 6.07) is 0.590. The number of likely N-dealkylation sites (N-methyl/N-ethyl adjacent to an activating group) is 1. The molecule has 1 aliphatic rings. The van der Waals surface area contributed by atoms with E-state index in [0.717, 1.165) is 32.7 Å². The van der Waals surface area contributed by atoms with Gasteiger partial charge in [-0.05, 0) is 13.5 Å². The minimum absolute atomic E-state index is 0.124. The molecule has 0 radical (unpaired) electrons. The van der Waals surface area contributed by atoms with Gasteiger partial charge in [-0.15, -0.1) is 0 Å². The highest BCUT2D eigenvalue weighted by Crippen LogP contribution is 2.04. The molecule has 0 spiro atoms. The Hall–Kier alpha value is -0.160. The third-order valence-electron chi connectivity index (χ3n) is 2.48. The van der Waals surface area contributed by atoms with E-state index in [0.29, 0.717) is 12.6 Å². The normalized spacial score (nSPS) is 24.9. The number of aliphatic hydroxyl groups is 1. The van der Waals surface area contributed by atoms with Crippen LogP contribution in [-0.2, 0) is 4.74 Å². The number of ether oxygens (including phenoxy) is 1. The zero-order valence-electron chi connectivity index (χ0n) is 8.33. The number of aliphatic hydroxyl groups excluding tert-OH is 1. The Morgan fingerprint density at radius 3 is 3.08 bits per heavy atom. The van der Waals surface area contributed by atoms with Gasteiger partial charge in [0.2, 0.25) is 0 Å². The number of hydrogen-bond donors (Lipinski definition) is 2. The smallest absolute Gasteiger partial charge is 0.0697 e. The highest BCUT2D eigenvalue weighted by atomic mass is 16.5. The molecule has 78 valence electrons. The van der Waals surface area contributed by atoms with E-state index in [-0.39, 0.29) is 6.61 Å². The van der Waals surface area contributed by atoms with Gasteiger partial charge in [-0.3, -0.25) is 0 Å². The van der Waals surface area contributed by atoms with E-state index in [1.807, 2.05) is 0 Å². The molecule has 4 nitrogen and oxygen atoms in total.